The molecule has 0 aliphatic carbocycles. The minimum Gasteiger partial charge on any atom is -0.395 e. The molecular formula is C23H36N2O4. The molecule has 29 heavy (non-hydrogen) atoms. The van der Waals surface area contributed by atoms with E-state index < -0.39 is 17.2 Å². The molecule has 2 heterocycles. The first-order chi connectivity index (χ1) is 14.0. The number of hydrogen-bond acceptors (Lipinski definition) is 5. The van der Waals surface area contributed by atoms with Crippen LogP contribution >= 0.6 is 0 Å². The lowest BCUT2D eigenvalue weighted by Gasteiger charge is -2.53. The number of nitrogens with zero attached hydrogens (tertiary/aromatic N) is 1. The van der Waals surface area contributed by atoms with Gasteiger partial charge in [-0.3, -0.25) is 4.79 Å². The quantitative estimate of drug-likeness (QED) is 0.577. The van der Waals surface area contributed by atoms with Gasteiger partial charge < -0.3 is 25.2 Å². The van der Waals surface area contributed by atoms with Crippen molar-refractivity contribution >= 4 is 5.91 Å². The van der Waals surface area contributed by atoms with Crippen LogP contribution < -0.4 is 5.32 Å². The minimum atomic E-state index is -0.728. The SMILES string of the molecule is C[C@]1(NC(=O)CCCCc2ccccc2)CCOC2(CCN(CCO)CC2)[C@@H]1O. The highest BCUT2D eigenvalue weighted by Gasteiger charge is 2.53. The molecule has 162 valence electrons. The summed E-state index contributed by atoms with van der Waals surface area (Å²) in [6.45, 7) is 4.88. The molecule has 0 saturated carbocycles. The molecule has 0 aromatic heterocycles. The molecule has 1 spiro atoms. The zero-order valence-electron chi connectivity index (χ0n) is 17.6. The Morgan fingerprint density at radius 3 is 2.62 bits per heavy atom. The number of ether oxygens (including phenoxy) is 1. The Balaban J connectivity index is 1.48. The van der Waals surface area contributed by atoms with Crippen LogP contribution in [0.1, 0.15) is 51.0 Å². The lowest BCUT2D eigenvalue weighted by Crippen LogP contribution is -2.69. The molecule has 6 heteroatoms. The van der Waals surface area contributed by atoms with Crippen molar-refractivity contribution in [2.45, 2.75) is 69.1 Å². The van der Waals surface area contributed by atoms with E-state index in [2.05, 4.69) is 22.3 Å². The van der Waals surface area contributed by atoms with Gasteiger partial charge in [-0.15, -0.1) is 0 Å². The molecule has 3 N–H and O–H groups in total. The van der Waals surface area contributed by atoms with Gasteiger partial charge in [0.2, 0.25) is 5.91 Å². The van der Waals surface area contributed by atoms with Crippen LogP contribution in [0.4, 0.5) is 0 Å². The number of aliphatic hydroxyl groups excluding tert-OH is 2. The predicted octanol–water partition coefficient (Wildman–Crippen LogP) is 1.88. The van der Waals surface area contributed by atoms with E-state index in [9.17, 15) is 9.90 Å². The first-order valence-corrected chi connectivity index (χ1v) is 11.0. The maximum absolute atomic E-state index is 12.6. The van der Waals surface area contributed by atoms with Crippen LogP contribution in [0.5, 0.6) is 0 Å². The topological polar surface area (TPSA) is 82.0 Å². The Hall–Kier alpha value is -1.47. The van der Waals surface area contributed by atoms with Crippen molar-refractivity contribution in [2.24, 2.45) is 0 Å². The van der Waals surface area contributed by atoms with E-state index >= 15 is 0 Å². The molecule has 1 amide bonds. The summed E-state index contributed by atoms with van der Waals surface area (Å²) in [7, 11) is 0. The van der Waals surface area contributed by atoms with Gasteiger partial charge in [-0.05, 0) is 51.0 Å². The van der Waals surface area contributed by atoms with Gasteiger partial charge in [0.15, 0.2) is 0 Å². The Morgan fingerprint density at radius 2 is 1.93 bits per heavy atom. The van der Waals surface area contributed by atoms with Crippen LogP contribution in [0.25, 0.3) is 0 Å². The fraction of sp³-hybridized carbons (Fsp3) is 0.696. The molecular weight excluding hydrogens is 368 g/mol. The zero-order valence-corrected chi connectivity index (χ0v) is 17.6. The van der Waals surface area contributed by atoms with Crippen LogP contribution in [0.3, 0.4) is 0 Å². The zero-order chi connectivity index (χ0) is 20.7. The maximum Gasteiger partial charge on any atom is 0.220 e. The Bertz CT molecular complexity index is 646. The van der Waals surface area contributed by atoms with E-state index in [0.717, 1.165) is 45.2 Å². The number of amides is 1. The van der Waals surface area contributed by atoms with Crippen LogP contribution in [-0.2, 0) is 16.0 Å². The van der Waals surface area contributed by atoms with Gasteiger partial charge in [-0.2, -0.15) is 0 Å². The van der Waals surface area contributed by atoms with Crippen LogP contribution in [0.15, 0.2) is 30.3 Å². The number of hydrogen-bond donors (Lipinski definition) is 3. The number of benzene rings is 1. The van der Waals surface area contributed by atoms with Crippen molar-refractivity contribution in [1.82, 2.24) is 10.2 Å². The molecule has 2 aliphatic heterocycles. The molecule has 0 unspecified atom stereocenters. The monoisotopic (exact) mass is 404 g/mol. The van der Waals surface area contributed by atoms with E-state index in [1.807, 2.05) is 25.1 Å². The molecule has 1 aromatic rings. The number of likely N-dealkylation sites (tertiary alicyclic amines) is 1. The number of nitrogens with one attached hydrogen (secondary N) is 1. The third-order valence-electron chi connectivity index (χ3n) is 6.62. The second-order valence-electron chi connectivity index (χ2n) is 8.79. The van der Waals surface area contributed by atoms with Crippen molar-refractivity contribution in [3.8, 4) is 0 Å². The molecule has 1 aromatic carbocycles. The number of aliphatic hydroxyl groups is 2. The van der Waals surface area contributed by atoms with Crippen molar-refractivity contribution in [3.05, 3.63) is 35.9 Å². The summed E-state index contributed by atoms with van der Waals surface area (Å²) in [6.07, 6.45) is 4.60. The first kappa shape index (κ1) is 22.2. The van der Waals surface area contributed by atoms with E-state index in [-0.39, 0.29) is 12.5 Å². The molecule has 0 bridgehead atoms. The fourth-order valence-electron chi connectivity index (χ4n) is 4.75. The summed E-state index contributed by atoms with van der Waals surface area (Å²) in [4.78, 5) is 14.8. The summed E-state index contributed by atoms with van der Waals surface area (Å²) >= 11 is 0. The van der Waals surface area contributed by atoms with Gasteiger partial charge in [0.1, 0.15) is 6.10 Å². The number of unbranched alkanes of at least 4 members (excludes halogenated alkanes) is 1. The number of aryl methyl sites for hydroxylation is 1. The normalized spacial score (nSPS) is 27.1. The Labute approximate surface area is 174 Å². The fourth-order valence-corrected chi connectivity index (χ4v) is 4.75. The highest BCUT2D eigenvalue weighted by molar-refractivity contribution is 5.76. The van der Waals surface area contributed by atoms with E-state index in [1.54, 1.807) is 0 Å². The van der Waals surface area contributed by atoms with Crippen molar-refractivity contribution in [1.29, 1.82) is 0 Å². The lowest BCUT2D eigenvalue weighted by atomic mass is 9.73. The van der Waals surface area contributed by atoms with E-state index in [0.29, 0.717) is 26.0 Å². The third kappa shape index (κ3) is 5.57. The second-order valence-corrected chi connectivity index (χ2v) is 8.79. The summed E-state index contributed by atoms with van der Waals surface area (Å²) < 4.78 is 6.08. The highest BCUT2D eigenvalue weighted by Crippen LogP contribution is 2.39. The van der Waals surface area contributed by atoms with Gasteiger partial charge >= 0.3 is 0 Å². The average Bonchev–Trinajstić information content (AvgIpc) is 2.72. The minimum absolute atomic E-state index is 0.00868. The van der Waals surface area contributed by atoms with E-state index in [4.69, 9.17) is 9.84 Å². The summed E-state index contributed by atoms with van der Waals surface area (Å²) in [5.41, 5.74) is 0.0437. The van der Waals surface area contributed by atoms with Crippen LogP contribution in [0.2, 0.25) is 0 Å². The van der Waals surface area contributed by atoms with Gasteiger partial charge in [0.25, 0.3) is 0 Å². The van der Waals surface area contributed by atoms with Crippen molar-refractivity contribution in [2.75, 3.05) is 32.8 Å². The molecule has 6 nitrogen and oxygen atoms in total. The van der Waals surface area contributed by atoms with Gasteiger partial charge in [-0.25, -0.2) is 0 Å². The maximum atomic E-state index is 12.6. The third-order valence-corrected chi connectivity index (χ3v) is 6.62. The number of rotatable bonds is 8. The molecule has 0 radical (unpaired) electrons. The Morgan fingerprint density at radius 1 is 1.21 bits per heavy atom. The standard InChI is InChI=1S/C23H36N2O4/c1-22(24-20(27)10-6-5-9-19-7-3-2-4-8-19)13-18-29-23(21(22)28)11-14-25(15-12-23)16-17-26/h2-4,7-8,21,26,28H,5-6,9-18H2,1H3,(H,24,27)/t21-,22+/m1/s1. The van der Waals surface area contributed by atoms with Gasteiger partial charge in [0, 0.05) is 32.7 Å². The molecule has 3 rings (SSSR count). The molecule has 2 aliphatic rings. The van der Waals surface area contributed by atoms with Crippen LogP contribution in [-0.4, -0.2) is 71.1 Å². The summed E-state index contributed by atoms with van der Waals surface area (Å²) in [5.74, 6) is 0.00868. The molecule has 2 saturated heterocycles. The van der Waals surface area contributed by atoms with Gasteiger partial charge in [0.05, 0.1) is 17.7 Å². The Kier molecular flexibility index (Phi) is 7.68. The van der Waals surface area contributed by atoms with Crippen molar-refractivity contribution in [3.63, 3.8) is 0 Å². The summed E-state index contributed by atoms with van der Waals surface area (Å²) in [6, 6.07) is 10.3. The van der Waals surface area contributed by atoms with Crippen molar-refractivity contribution < 1.29 is 19.7 Å². The van der Waals surface area contributed by atoms with E-state index in [1.165, 1.54) is 5.56 Å². The highest BCUT2D eigenvalue weighted by atomic mass is 16.5. The number of piperidine rings is 1. The lowest BCUT2D eigenvalue weighted by molar-refractivity contribution is -0.208. The number of carbonyl (C=O) groups excluding carboxylic acids is 1. The van der Waals surface area contributed by atoms with Gasteiger partial charge in [-0.1, -0.05) is 30.3 Å². The molecule has 2 atom stereocenters. The predicted molar refractivity (Wildman–Crippen MR) is 113 cm³/mol. The van der Waals surface area contributed by atoms with Crippen LogP contribution in [0, 0.1) is 0 Å². The molecule has 2 fully saturated rings. The largest absolute Gasteiger partial charge is 0.395 e. The number of β-amino-alcohol motifs (C(OH)–C–C–N with tert-alkyl or cyclic N) is 1. The number of carbonyl (C=O) groups is 1. The first-order valence-electron chi connectivity index (χ1n) is 11.0. The average molecular weight is 405 g/mol. The smallest absolute Gasteiger partial charge is 0.220 e. The second kappa shape index (κ2) is 10.0. The summed E-state index contributed by atoms with van der Waals surface area (Å²) in [5, 5.41) is 23.4.